The highest BCUT2D eigenvalue weighted by atomic mass is 127. The van der Waals surface area contributed by atoms with E-state index in [-0.39, 0.29) is 24.0 Å². The van der Waals surface area contributed by atoms with Gasteiger partial charge < -0.3 is 20.5 Å². The van der Waals surface area contributed by atoms with Crippen molar-refractivity contribution < 1.29 is 9.47 Å². The number of pyridine rings is 1. The Morgan fingerprint density at radius 3 is 2.80 bits per heavy atom. The number of hydrogen-bond acceptors (Lipinski definition) is 4. The first-order chi connectivity index (χ1) is 11.7. The van der Waals surface area contributed by atoms with Crippen molar-refractivity contribution in [3.8, 4) is 11.5 Å². The normalized spacial score (nSPS) is 13.6. The van der Waals surface area contributed by atoms with Crippen LogP contribution in [-0.4, -0.2) is 24.2 Å². The third-order valence-electron chi connectivity index (χ3n) is 3.72. The summed E-state index contributed by atoms with van der Waals surface area (Å²) in [6.07, 6.45) is 3.66. The first-order valence-electron chi connectivity index (χ1n) is 8.15. The second-order valence-electron chi connectivity index (χ2n) is 5.55. The van der Waals surface area contributed by atoms with E-state index in [9.17, 15) is 0 Å². The van der Waals surface area contributed by atoms with Crippen LogP contribution in [0.25, 0.3) is 0 Å². The van der Waals surface area contributed by atoms with Gasteiger partial charge in [0.15, 0.2) is 17.5 Å². The first-order valence-corrected chi connectivity index (χ1v) is 8.15. The fourth-order valence-electron chi connectivity index (χ4n) is 2.43. The second-order valence-corrected chi connectivity index (χ2v) is 5.55. The number of fused-ring (bicyclic) bond motifs is 1. The van der Waals surface area contributed by atoms with Crippen molar-refractivity contribution in [1.29, 1.82) is 0 Å². The maximum absolute atomic E-state index is 5.97. The first kappa shape index (κ1) is 19.3. The molecule has 1 aliphatic heterocycles. The van der Waals surface area contributed by atoms with E-state index in [1.165, 1.54) is 5.56 Å². The zero-order chi connectivity index (χ0) is 16.8. The Morgan fingerprint density at radius 1 is 1.20 bits per heavy atom. The van der Waals surface area contributed by atoms with Gasteiger partial charge in [0.05, 0.1) is 25.5 Å². The van der Waals surface area contributed by atoms with E-state index in [0.29, 0.717) is 25.7 Å². The predicted octanol–water partition coefficient (Wildman–Crippen LogP) is 3.35. The number of aromatic nitrogens is 1. The number of nitrogens with zero attached hydrogens (tertiary/aromatic N) is 2. The Bertz CT molecular complexity index is 737. The molecule has 0 saturated heterocycles. The number of nitrogens with one attached hydrogen (secondary N) is 1. The molecule has 25 heavy (non-hydrogen) atoms. The fourth-order valence-corrected chi connectivity index (χ4v) is 2.43. The Labute approximate surface area is 164 Å². The lowest BCUT2D eigenvalue weighted by molar-refractivity contribution is 0.297. The van der Waals surface area contributed by atoms with Crippen molar-refractivity contribution in [2.75, 3.05) is 18.5 Å². The van der Waals surface area contributed by atoms with Crippen LogP contribution in [0.4, 0.5) is 5.69 Å². The van der Waals surface area contributed by atoms with Gasteiger partial charge in [0.25, 0.3) is 0 Å². The number of aryl methyl sites for hydroxylation is 1. The van der Waals surface area contributed by atoms with Gasteiger partial charge in [-0.05, 0) is 36.2 Å². The monoisotopic (exact) mass is 454 g/mol. The van der Waals surface area contributed by atoms with E-state index in [0.717, 1.165) is 35.7 Å². The molecule has 0 amide bonds. The smallest absolute Gasteiger partial charge is 0.193 e. The Morgan fingerprint density at radius 2 is 2.00 bits per heavy atom. The van der Waals surface area contributed by atoms with Crippen molar-refractivity contribution in [2.24, 2.45) is 10.7 Å². The molecule has 0 bridgehead atoms. The Hall–Kier alpha value is -2.03. The summed E-state index contributed by atoms with van der Waals surface area (Å²) < 4.78 is 11.3. The summed E-state index contributed by atoms with van der Waals surface area (Å²) in [4.78, 5) is 8.65. The van der Waals surface area contributed by atoms with E-state index in [1.54, 1.807) is 6.20 Å². The quantitative estimate of drug-likeness (QED) is 0.421. The topological polar surface area (TPSA) is 81.8 Å². The molecule has 134 valence electrons. The number of rotatable bonds is 4. The number of aliphatic imine (C=N–C) groups is 1. The molecule has 0 fully saturated rings. The summed E-state index contributed by atoms with van der Waals surface area (Å²) in [6, 6.07) is 9.70. The van der Waals surface area contributed by atoms with Crippen LogP contribution in [0, 0.1) is 0 Å². The minimum Gasteiger partial charge on any atom is -0.490 e. The van der Waals surface area contributed by atoms with Gasteiger partial charge in [-0.3, -0.25) is 4.98 Å². The van der Waals surface area contributed by atoms with Crippen LogP contribution in [0.3, 0.4) is 0 Å². The lowest BCUT2D eigenvalue weighted by atomic mass is 10.2. The van der Waals surface area contributed by atoms with E-state index >= 15 is 0 Å². The van der Waals surface area contributed by atoms with Gasteiger partial charge in [-0.1, -0.05) is 6.92 Å². The molecule has 3 rings (SSSR count). The molecule has 6 nitrogen and oxygen atoms in total. The van der Waals surface area contributed by atoms with Gasteiger partial charge in [0, 0.05) is 24.4 Å². The van der Waals surface area contributed by atoms with Gasteiger partial charge in [-0.15, -0.1) is 24.0 Å². The zero-order valence-electron chi connectivity index (χ0n) is 14.2. The van der Waals surface area contributed by atoms with Crippen LogP contribution in [0.1, 0.15) is 24.6 Å². The summed E-state index contributed by atoms with van der Waals surface area (Å²) in [5, 5.41) is 3.08. The number of halogens is 1. The summed E-state index contributed by atoms with van der Waals surface area (Å²) >= 11 is 0. The SMILES string of the molecule is CCc1ccnc(CN=C(N)Nc2ccc3c(c2)OCCCO3)c1.I. The molecule has 0 saturated carbocycles. The van der Waals surface area contributed by atoms with Crippen LogP contribution < -0.4 is 20.5 Å². The Balaban J connectivity index is 0.00000225. The van der Waals surface area contributed by atoms with Gasteiger partial charge >= 0.3 is 0 Å². The van der Waals surface area contributed by atoms with Gasteiger partial charge in [0.2, 0.25) is 0 Å². The number of nitrogens with two attached hydrogens (primary N) is 1. The minimum atomic E-state index is 0. The molecule has 0 atom stereocenters. The van der Waals surface area contributed by atoms with Crippen molar-refractivity contribution >= 4 is 35.6 Å². The van der Waals surface area contributed by atoms with Gasteiger partial charge in [-0.2, -0.15) is 0 Å². The summed E-state index contributed by atoms with van der Waals surface area (Å²) in [6.45, 7) is 3.88. The molecule has 0 aliphatic carbocycles. The fraction of sp³-hybridized carbons (Fsp3) is 0.333. The zero-order valence-corrected chi connectivity index (χ0v) is 16.5. The maximum Gasteiger partial charge on any atom is 0.193 e. The van der Waals surface area contributed by atoms with Crippen LogP contribution in [-0.2, 0) is 13.0 Å². The molecule has 0 radical (unpaired) electrons. The highest BCUT2D eigenvalue weighted by Crippen LogP contribution is 2.32. The van der Waals surface area contributed by atoms with Crippen molar-refractivity contribution in [2.45, 2.75) is 26.3 Å². The van der Waals surface area contributed by atoms with Gasteiger partial charge in [-0.25, -0.2) is 4.99 Å². The highest BCUT2D eigenvalue weighted by molar-refractivity contribution is 14.0. The number of guanidine groups is 1. The van der Waals surface area contributed by atoms with E-state index in [2.05, 4.69) is 22.2 Å². The van der Waals surface area contributed by atoms with E-state index in [4.69, 9.17) is 15.2 Å². The Kier molecular flexibility index (Phi) is 7.30. The summed E-state index contributed by atoms with van der Waals surface area (Å²) in [5.41, 5.74) is 8.93. The van der Waals surface area contributed by atoms with E-state index in [1.807, 2.05) is 30.3 Å². The average molecular weight is 454 g/mol. The van der Waals surface area contributed by atoms with Crippen molar-refractivity contribution in [1.82, 2.24) is 4.98 Å². The molecular weight excluding hydrogens is 431 g/mol. The average Bonchev–Trinajstić information content (AvgIpc) is 2.85. The number of benzene rings is 1. The maximum atomic E-state index is 5.97. The molecule has 1 aromatic carbocycles. The highest BCUT2D eigenvalue weighted by Gasteiger charge is 2.10. The van der Waals surface area contributed by atoms with Crippen molar-refractivity contribution in [3.05, 3.63) is 47.8 Å². The second kappa shape index (κ2) is 9.45. The van der Waals surface area contributed by atoms with Crippen LogP contribution >= 0.6 is 24.0 Å². The molecule has 2 aromatic rings. The van der Waals surface area contributed by atoms with Gasteiger partial charge in [0.1, 0.15) is 0 Å². The van der Waals surface area contributed by atoms with Crippen molar-refractivity contribution in [3.63, 3.8) is 0 Å². The number of ether oxygens (including phenoxy) is 2. The molecule has 0 spiro atoms. The molecule has 0 unspecified atom stereocenters. The molecule has 7 heteroatoms. The van der Waals surface area contributed by atoms with Crippen LogP contribution in [0.5, 0.6) is 11.5 Å². The molecule has 1 aromatic heterocycles. The van der Waals surface area contributed by atoms with Crippen LogP contribution in [0.15, 0.2) is 41.5 Å². The summed E-state index contributed by atoms with van der Waals surface area (Å²) in [5.74, 6) is 1.82. The standard InChI is InChI=1S/C18H22N4O2.HI/c1-2-13-6-7-20-15(10-13)12-21-18(19)22-14-4-5-16-17(11-14)24-9-3-8-23-16;/h4-7,10-11H,2-3,8-9,12H2,1H3,(H3,19,21,22);1H. The third-order valence-corrected chi connectivity index (χ3v) is 3.72. The largest absolute Gasteiger partial charge is 0.490 e. The molecule has 2 heterocycles. The lowest BCUT2D eigenvalue weighted by Crippen LogP contribution is -2.22. The molecule has 3 N–H and O–H groups in total. The lowest BCUT2D eigenvalue weighted by Gasteiger charge is -2.10. The molecule has 1 aliphatic rings. The van der Waals surface area contributed by atoms with E-state index < -0.39 is 0 Å². The van der Waals surface area contributed by atoms with Crippen LogP contribution in [0.2, 0.25) is 0 Å². The minimum absolute atomic E-state index is 0. The number of anilines is 1. The third kappa shape index (κ3) is 5.48. The molecular formula is C18H23IN4O2. The predicted molar refractivity (Wildman–Crippen MR) is 110 cm³/mol. The number of hydrogen-bond donors (Lipinski definition) is 2. The summed E-state index contributed by atoms with van der Waals surface area (Å²) in [7, 11) is 0.